The molecule has 1 unspecified atom stereocenters. The summed E-state index contributed by atoms with van der Waals surface area (Å²) >= 11 is 5.90. The van der Waals surface area contributed by atoms with Gasteiger partial charge in [-0.25, -0.2) is 9.48 Å². The largest absolute Gasteiger partial charge is 0.481 e. The molecule has 0 saturated heterocycles. The van der Waals surface area contributed by atoms with E-state index < -0.39 is 17.9 Å². The standard InChI is InChI=1S/C24H27ClN4O3/c1-15(22(30)31)12-16-6-5-7-19(13-16)29-21(14-20(28-29)24(2,3)4)27-23(32)26-18-10-8-17(25)9-11-18/h5-11,13-15H,12H2,1-4H3,(H,30,31)(H2,26,27,32). The molecule has 3 aromatic rings. The summed E-state index contributed by atoms with van der Waals surface area (Å²) in [6.07, 6.45) is 0.399. The van der Waals surface area contributed by atoms with E-state index in [2.05, 4.69) is 10.6 Å². The van der Waals surface area contributed by atoms with Gasteiger partial charge in [0.1, 0.15) is 5.82 Å². The van der Waals surface area contributed by atoms with E-state index in [0.717, 1.165) is 16.9 Å². The number of urea groups is 1. The molecular weight excluding hydrogens is 428 g/mol. The van der Waals surface area contributed by atoms with E-state index in [4.69, 9.17) is 16.7 Å². The van der Waals surface area contributed by atoms with Crippen LogP contribution in [0.2, 0.25) is 5.02 Å². The minimum Gasteiger partial charge on any atom is -0.481 e. The van der Waals surface area contributed by atoms with E-state index in [1.165, 1.54) is 0 Å². The summed E-state index contributed by atoms with van der Waals surface area (Å²) in [5, 5.41) is 20.2. The monoisotopic (exact) mass is 454 g/mol. The number of rotatable bonds is 6. The van der Waals surface area contributed by atoms with Crippen molar-refractivity contribution in [1.82, 2.24) is 9.78 Å². The molecule has 3 N–H and O–H groups in total. The summed E-state index contributed by atoms with van der Waals surface area (Å²) in [4.78, 5) is 23.9. The third-order valence-corrected chi connectivity index (χ3v) is 5.19. The average Bonchev–Trinajstić information content (AvgIpc) is 3.14. The van der Waals surface area contributed by atoms with Crippen LogP contribution >= 0.6 is 11.6 Å². The van der Waals surface area contributed by atoms with Gasteiger partial charge in [0.25, 0.3) is 0 Å². The smallest absolute Gasteiger partial charge is 0.324 e. The summed E-state index contributed by atoms with van der Waals surface area (Å²) in [6.45, 7) is 7.81. The number of amides is 2. The Balaban J connectivity index is 1.90. The molecule has 168 valence electrons. The molecule has 7 nitrogen and oxygen atoms in total. The van der Waals surface area contributed by atoms with Gasteiger partial charge in [-0.1, -0.05) is 51.4 Å². The third-order valence-electron chi connectivity index (χ3n) is 4.94. The van der Waals surface area contributed by atoms with Crippen LogP contribution in [0.5, 0.6) is 0 Å². The van der Waals surface area contributed by atoms with Crippen LogP contribution < -0.4 is 10.6 Å². The summed E-state index contributed by atoms with van der Waals surface area (Å²) < 4.78 is 1.66. The molecule has 0 fully saturated rings. The highest BCUT2D eigenvalue weighted by atomic mass is 35.5. The zero-order chi connectivity index (χ0) is 23.5. The number of aliphatic carboxylic acids is 1. The predicted molar refractivity (Wildman–Crippen MR) is 127 cm³/mol. The molecule has 3 rings (SSSR count). The van der Waals surface area contributed by atoms with Crippen molar-refractivity contribution in [3.63, 3.8) is 0 Å². The number of aromatic nitrogens is 2. The molecule has 2 aromatic carbocycles. The lowest BCUT2D eigenvalue weighted by Gasteiger charge is -2.14. The third kappa shape index (κ3) is 5.88. The Labute approximate surface area is 192 Å². The number of carbonyl (C=O) groups excluding carboxylic acids is 1. The van der Waals surface area contributed by atoms with E-state index in [1.807, 2.05) is 51.1 Å². The lowest BCUT2D eigenvalue weighted by atomic mass is 9.92. The Morgan fingerprint density at radius 1 is 1.09 bits per heavy atom. The highest BCUT2D eigenvalue weighted by Gasteiger charge is 2.22. The minimum atomic E-state index is -0.842. The van der Waals surface area contributed by atoms with Gasteiger partial charge in [-0.15, -0.1) is 0 Å². The predicted octanol–water partition coefficient (Wildman–Crippen LogP) is 5.73. The second-order valence-corrected chi connectivity index (χ2v) is 9.21. The quantitative estimate of drug-likeness (QED) is 0.443. The molecule has 1 atom stereocenters. The van der Waals surface area contributed by atoms with Crippen molar-refractivity contribution in [3.8, 4) is 5.69 Å². The Kier molecular flexibility index (Phi) is 6.89. The van der Waals surface area contributed by atoms with Crippen LogP contribution in [0.3, 0.4) is 0 Å². The van der Waals surface area contributed by atoms with Gasteiger partial charge in [0, 0.05) is 22.2 Å². The first-order valence-electron chi connectivity index (χ1n) is 10.3. The number of benzene rings is 2. The molecule has 0 saturated carbocycles. The van der Waals surface area contributed by atoms with E-state index in [1.54, 1.807) is 35.9 Å². The Morgan fingerprint density at radius 2 is 1.78 bits per heavy atom. The van der Waals surface area contributed by atoms with Crippen molar-refractivity contribution in [2.75, 3.05) is 10.6 Å². The topological polar surface area (TPSA) is 96.3 Å². The number of anilines is 2. The number of carboxylic acid groups (broad SMARTS) is 1. The summed E-state index contributed by atoms with van der Waals surface area (Å²) in [6, 6.07) is 15.8. The number of carboxylic acids is 1. The number of hydrogen-bond donors (Lipinski definition) is 3. The zero-order valence-electron chi connectivity index (χ0n) is 18.5. The van der Waals surface area contributed by atoms with E-state index >= 15 is 0 Å². The molecular formula is C24H27ClN4O3. The number of hydrogen-bond acceptors (Lipinski definition) is 3. The fraction of sp³-hybridized carbons (Fsp3) is 0.292. The number of nitrogens with one attached hydrogen (secondary N) is 2. The average molecular weight is 455 g/mol. The van der Waals surface area contributed by atoms with Crippen molar-refractivity contribution in [3.05, 3.63) is 70.9 Å². The normalized spacial score (nSPS) is 12.3. The van der Waals surface area contributed by atoms with E-state index in [-0.39, 0.29) is 5.41 Å². The summed E-state index contributed by atoms with van der Waals surface area (Å²) in [5.41, 5.74) is 2.80. The lowest BCUT2D eigenvalue weighted by molar-refractivity contribution is -0.141. The SMILES string of the molecule is CC(Cc1cccc(-n2nc(C(C)(C)C)cc2NC(=O)Nc2ccc(Cl)cc2)c1)C(=O)O. The number of carbonyl (C=O) groups is 2. The van der Waals surface area contributed by atoms with Crippen LogP contribution in [-0.4, -0.2) is 26.9 Å². The van der Waals surface area contributed by atoms with Gasteiger partial charge in [-0.3, -0.25) is 10.1 Å². The van der Waals surface area contributed by atoms with Crippen LogP contribution in [0.25, 0.3) is 5.69 Å². The highest BCUT2D eigenvalue weighted by molar-refractivity contribution is 6.30. The first-order valence-corrected chi connectivity index (χ1v) is 10.7. The van der Waals surface area contributed by atoms with Gasteiger partial charge in [0.15, 0.2) is 0 Å². The lowest BCUT2D eigenvalue weighted by Crippen LogP contribution is -2.21. The Hall–Kier alpha value is -3.32. The first kappa shape index (κ1) is 23.3. The second-order valence-electron chi connectivity index (χ2n) is 8.78. The molecule has 0 spiro atoms. The van der Waals surface area contributed by atoms with Crippen LogP contribution in [0, 0.1) is 5.92 Å². The van der Waals surface area contributed by atoms with Gasteiger partial charge >= 0.3 is 12.0 Å². The molecule has 0 aliphatic carbocycles. The molecule has 0 aliphatic rings. The maximum absolute atomic E-state index is 12.6. The fourth-order valence-electron chi connectivity index (χ4n) is 3.10. The van der Waals surface area contributed by atoms with Crippen molar-refractivity contribution >= 4 is 35.1 Å². The van der Waals surface area contributed by atoms with Crippen molar-refractivity contribution < 1.29 is 14.7 Å². The van der Waals surface area contributed by atoms with Crippen LogP contribution in [0.1, 0.15) is 39.0 Å². The highest BCUT2D eigenvalue weighted by Crippen LogP contribution is 2.27. The minimum absolute atomic E-state index is 0.232. The Bertz CT molecular complexity index is 1120. The molecule has 0 bridgehead atoms. The molecule has 2 amide bonds. The molecule has 32 heavy (non-hydrogen) atoms. The van der Waals surface area contributed by atoms with Gasteiger partial charge in [0.2, 0.25) is 0 Å². The van der Waals surface area contributed by atoms with E-state index in [0.29, 0.717) is 22.9 Å². The first-order chi connectivity index (χ1) is 15.0. The fourth-order valence-corrected chi connectivity index (χ4v) is 3.23. The van der Waals surface area contributed by atoms with Gasteiger partial charge < -0.3 is 10.4 Å². The van der Waals surface area contributed by atoms with Crippen molar-refractivity contribution in [2.45, 2.75) is 39.5 Å². The maximum Gasteiger partial charge on any atom is 0.324 e. The van der Waals surface area contributed by atoms with Crippen LogP contribution in [0.4, 0.5) is 16.3 Å². The number of halogens is 1. The maximum atomic E-state index is 12.6. The Morgan fingerprint density at radius 3 is 2.41 bits per heavy atom. The molecule has 0 radical (unpaired) electrons. The molecule has 0 aliphatic heterocycles. The summed E-state index contributed by atoms with van der Waals surface area (Å²) in [7, 11) is 0. The van der Waals surface area contributed by atoms with Crippen LogP contribution in [-0.2, 0) is 16.6 Å². The van der Waals surface area contributed by atoms with Gasteiger partial charge in [-0.05, 0) is 48.4 Å². The van der Waals surface area contributed by atoms with E-state index in [9.17, 15) is 14.7 Å². The van der Waals surface area contributed by atoms with Crippen molar-refractivity contribution in [2.24, 2.45) is 5.92 Å². The van der Waals surface area contributed by atoms with Gasteiger partial charge in [-0.2, -0.15) is 5.10 Å². The molecule has 8 heteroatoms. The molecule has 1 aromatic heterocycles. The number of nitrogens with zero attached hydrogens (tertiary/aromatic N) is 2. The van der Waals surface area contributed by atoms with Crippen LogP contribution in [0.15, 0.2) is 54.6 Å². The van der Waals surface area contributed by atoms with Crippen molar-refractivity contribution in [1.29, 1.82) is 0 Å². The van der Waals surface area contributed by atoms with Gasteiger partial charge in [0.05, 0.1) is 17.3 Å². The zero-order valence-corrected chi connectivity index (χ0v) is 19.3. The molecule has 1 heterocycles. The summed E-state index contributed by atoms with van der Waals surface area (Å²) in [5.74, 6) is -0.841. The second kappa shape index (κ2) is 9.44.